The van der Waals surface area contributed by atoms with Crippen LogP contribution in [0, 0.1) is 0 Å². The topological polar surface area (TPSA) is 49.4 Å². The maximum absolute atomic E-state index is 11.3. The number of nitrogens with one attached hydrogen (secondary N) is 1. The zero-order valence-electron chi connectivity index (χ0n) is 13.6. The van der Waals surface area contributed by atoms with E-state index in [4.69, 9.17) is 0 Å². The van der Waals surface area contributed by atoms with Gasteiger partial charge in [-0.2, -0.15) is 0 Å². The maximum atomic E-state index is 11.3. The Morgan fingerprint density at radius 2 is 1.86 bits per heavy atom. The largest absolute Gasteiger partial charge is 0.316 e. The van der Waals surface area contributed by atoms with Gasteiger partial charge in [-0.15, -0.1) is 0 Å². The van der Waals surface area contributed by atoms with Gasteiger partial charge in [0.1, 0.15) is 9.84 Å². The van der Waals surface area contributed by atoms with Gasteiger partial charge in [-0.05, 0) is 19.2 Å². The molecule has 0 fully saturated rings. The van der Waals surface area contributed by atoms with Gasteiger partial charge in [0.15, 0.2) is 0 Å². The van der Waals surface area contributed by atoms with Gasteiger partial charge in [-0.25, -0.2) is 8.42 Å². The molecule has 1 N–H and O–H groups in total. The summed E-state index contributed by atoms with van der Waals surface area (Å²) < 4.78 is 22.6. The van der Waals surface area contributed by atoms with Gasteiger partial charge >= 0.3 is 0 Å². The number of likely N-dealkylation sites (N-methyl/N-ethyl adjacent to an activating group) is 2. The normalized spacial score (nSPS) is 15.1. The zero-order chi connectivity index (χ0) is 15.9. The van der Waals surface area contributed by atoms with E-state index >= 15 is 0 Å². The molecule has 1 aromatic carbocycles. The van der Waals surface area contributed by atoms with Crippen LogP contribution in [0.15, 0.2) is 30.3 Å². The van der Waals surface area contributed by atoms with Crippen molar-refractivity contribution >= 4 is 9.84 Å². The third-order valence-electron chi connectivity index (χ3n) is 3.70. The summed E-state index contributed by atoms with van der Waals surface area (Å²) in [6.45, 7) is 7.50. The van der Waals surface area contributed by atoms with Crippen LogP contribution in [0.5, 0.6) is 0 Å². The number of sulfone groups is 1. The Labute approximate surface area is 129 Å². The van der Waals surface area contributed by atoms with Crippen molar-refractivity contribution in [3.8, 4) is 0 Å². The second kappa shape index (κ2) is 7.92. The third-order valence-corrected chi connectivity index (χ3v) is 4.62. The lowest BCUT2D eigenvalue weighted by molar-refractivity contribution is 0.261. The molecular formula is C16H28N2O2S. The Hall–Kier alpha value is -0.910. The standard InChI is InChI=1S/C16H28N2O2S/c1-5-17-13-16(2,15-9-7-6-8-10-15)14-18(3)11-12-21(4,19)20/h6-10,17H,5,11-14H2,1-4H3. The highest BCUT2D eigenvalue weighted by atomic mass is 32.2. The molecule has 0 aromatic heterocycles. The van der Waals surface area contributed by atoms with Crippen molar-refractivity contribution < 1.29 is 8.42 Å². The van der Waals surface area contributed by atoms with E-state index in [9.17, 15) is 8.42 Å². The molecular weight excluding hydrogens is 284 g/mol. The first-order chi connectivity index (χ1) is 9.77. The van der Waals surface area contributed by atoms with Crippen molar-refractivity contribution in [2.75, 3.05) is 45.2 Å². The summed E-state index contributed by atoms with van der Waals surface area (Å²) in [4.78, 5) is 2.10. The van der Waals surface area contributed by atoms with E-state index in [-0.39, 0.29) is 11.2 Å². The summed E-state index contributed by atoms with van der Waals surface area (Å²) >= 11 is 0. The summed E-state index contributed by atoms with van der Waals surface area (Å²) in [5.74, 6) is 0.204. The van der Waals surface area contributed by atoms with Gasteiger partial charge in [-0.3, -0.25) is 0 Å². The molecule has 0 saturated heterocycles. The van der Waals surface area contributed by atoms with Crippen molar-refractivity contribution in [2.24, 2.45) is 0 Å². The highest BCUT2D eigenvalue weighted by Gasteiger charge is 2.27. The van der Waals surface area contributed by atoms with Crippen LogP contribution in [0.1, 0.15) is 19.4 Å². The molecule has 120 valence electrons. The van der Waals surface area contributed by atoms with Crippen molar-refractivity contribution in [3.05, 3.63) is 35.9 Å². The van der Waals surface area contributed by atoms with E-state index in [1.54, 1.807) is 0 Å². The van der Waals surface area contributed by atoms with Crippen LogP contribution in [-0.2, 0) is 15.3 Å². The molecule has 1 aromatic rings. The molecule has 0 bridgehead atoms. The molecule has 1 rings (SSSR count). The second-order valence-corrected chi connectivity index (χ2v) is 8.33. The minimum absolute atomic E-state index is 0.0382. The number of benzene rings is 1. The van der Waals surface area contributed by atoms with Crippen LogP contribution in [0.25, 0.3) is 0 Å². The fourth-order valence-electron chi connectivity index (χ4n) is 2.49. The molecule has 1 atom stereocenters. The number of hydrogen-bond donors (Lipinski definition) is 1. The molecule has 0 saturated carbocycles. The average molecular weight is 312 g/mol. The predicted octanol–water partition coefficient (Wildman–Crippen LogP) is 1.53. The summed E-state index contributed by atoms with van der Waals surface area (Å²) in [5, 5.41) is 3.42. The first-order valence-electron chi connectivity index (χ1n) is 7.39. The highest BCUT2D eigenvalue weighted by molar-refractivity contribution is 7.90. The summed E-state index contributed by atoms with van der Waals surface area (Å²) in [6, 6.07) is 10.4. The number of rotatable bonds is 9. The molecule has 5 heteroatoms. The average Bonchev–Trinajstić information content (AvgIpc) is 2.43. The third kappa shape index (κ3) is 6.59. The molecule has 0 aliphatic heterocycles. The molecule has 0 spiro atoms. The lowest BCUT2D eigenvalue weighted by Crippen LogP contribution is -2.45. The SMILES string of the molecule is CCNCC(C)(CN(C)CCS(C)(=O)=O)c1ccccc1. The van der Waals surface area contributed by atoms with Crippen LogP contribution < -0.4 is 5.32 Å². The minimum atomic E-state index is -2.91. The molecule has 1 unspecified atom stereocenters. The van der Waals surface area contributed by atoms with E-state index in [0.29, 0.717) is 6.54 Å². The minimum Gasteiger partial charge on any atom is -0.316 e. The Morgan fingerprint density at radius 1 is 1.24 bits per heavy atom. The number of nitrogens with zero attached hydrogens (tertiary/aromatic N) is 1. The van der Waals surface area contributed by atoms with Gasteiger partial charge in [0, 0.05) is 31.3 Å². The quantitative estimate of drug-likeness (QED) is 0.751. The van der Waals surface area contributed by atoms with Crippen LogP contribution in [0.4, 0.5) is 0 Å². The smallest absolute Gasteiger partial charge is 0.148 e. The molecule has 0 heterocycles. The van der Waals surface area contributed by atoms with Crippen molar-refractivity contribution in [1.29, 1.82) is 0 Å². The Bertz CT molecular complexity index is 516. The van der Waals surface area contributed by atoms with E-state index < -0.39 is 9.84 Å². The molecule has 0 aliphatic carbocycles. The van der Waals surface area contributed by atoms with Crippen molar-refractivity contribution in [1.82, 2.24) is 10.2 Å². The van der Waals surface area contributed by atoms with E-state index in [1.807, 2.05) is 13.1 Å². The van der Waals surface area contributed by atoms with Crippen LogP contribution in [-0.4, -0.2) is 58.6 Å². The van der Waals surface area contributed by atoms with Gasteiger partial charge in [0.2, 0.25) is 0 Å². The van der Waals surface area contributed by atoms with E-state index in [0.717, 1.165) is 19.6 Å². The van der Waals surface area contributed by atoms with Gasteiger partial charge < -0.3 is 10.2 Å². The molecule has 21 heavy (non-hydrogen) atoms. The van der Waals surface area contributed by atoms with E-state index in [2.05, 4.69) is 48.3 Å². The zero-order valence-corrected chi connectivity index (χ0v) is 14.4. The second-order valence-electron chi connectivity index (χ2n) is 6.07. The summed E-state index contributed by atoms with van der Waals surface area (Å²) in [5.41, 5.74) is 1.24. The molecule has 0 aliphatic rings. The summed E-state index contributed by atoms with van der Waals surface area (Å²) in [7, 11) is -0.929. The Balaban J connectivity index is 2.78. The highest BCUT2D eigenvalue weighted by Crippen LogP contribution is 2.24. The Morgan fingerprint density at radius 3 is 2.38 bits per heavy atom. The van der Waals surface area contributed by atoms with Crippen LogP contribution >= 0.6 is 0 Å². The van der Waals surface area contributed by atoms with Crippen LogP contribution in [0.2, 0.25) is 0 Å². The first-order valence-corrected chi connectivity index (χ1v) is 9.45. The summed E-state index contributed by atoms with van der Waals surface area (Å²) in [6.07, 6.45) is 1.29. The molecule has 4 nitrogen and oxygen atoms in total. The van der Waals surface area contributed by atoms with Crippen molar-refractivity contribution in [2.45, 2.75) is 19.3 Å². The lowest BCUT2D eigenvalue weighted by atomic mass is 9.81. The van der Waals surface area contributed by atoms with Crippen molar-refractivity contribution in [3.63, 3.8) is 0 Å². The number of hydrogen-bond acceptors (Lipinski definition) is 4. The molecule has 0 radical (unpaired) electrons. The molecule has 0 amide bonds. The van der Waals surface area contributed by atoms with Gasteiger partial charge in [0.05, 0.1) is 5.75 Å². The Kier molecular flexibility index (Phi) is 6.84. The van der Waals surface area contributed by atoms with Gasteiger partial charge in [-0.1, -0.05) is 44.2 Å². The van der Waals surface area contributed by atoms with Gasteiger partial charge in [0.25, 0.3) is 0 Å². The fraction of sp³-hybridized carbons (Fsp3) is 0.625. The van der Waals surface area contributed by atoms with E-state index in [1.165, 1.54) is 11.8 Å². The maximum Gasteiger partial charge on any atom is 0.148 e. The van der Waals surface area contributed by atoms with Crippen LogP contribution in [0.3, 0.4) is 0 Å². The lowest BCUT2D eigenvalue weighted by Gasteiger charge is -2.34. The first kappa shape index (κ1) is 18.1. The predicted molar refractivity (Wildman–Crippen MR) is 89.5 cm³/mol. The fourth-order valence-corrected chi connectivity index (χ4v) is 3.13. The monoisotopic (exact) mass is 312 g/mol.